The van der Waals surface area contributed by atoms with Crippen LogP contribution >= 0.6 is 0 Å². The molecule has 0 amide bonds. The van der Waals surface area contributed by atoms with E-state index in [4.69, 9.17) is 16.6 Å². The minimum absolute atomic E-state index is 0.0371. The highest BCUT2D eigenvalue weighted by molar-refractivity contribution is 5.55. The Labute approximate surface area is 89.6 Å². The van der Waals surface area contributed by atoms with Crippen molar-refractivity contribution in [2.45, 2.75) is 26.0 Å². The summed E-state index contributed by atoms with van der Waals surface area (Å²) in [5.74, 6) is 0.420. The SMILES string of the molecule is C[C@H](N)C/C=C/c1cnc(N)cc1CO. The van der Waals surface area contributed by atoms with Gasteiger partial charge in [0.1, 0.15) is 5.82 Å². The molecule has 0 fully saturated rings. The van der Waals surface area contributed by atoms with Gasteiger partial charge in [0.15, 0.2) is 0 Å². The number of aromatic nitrogens is 1. The van der Waals surface area contributed by atoms with Gasteiger partial charge in [0.25, 0.3) is 0 Å². The average molecular weight is 207 g/mol. The van der Waals surface area contributed by atoms with Crippen molar-refractivity contribution in [3.8, 4) is 0 Å². The van der Waals surface area contributed by atoms with E-state index in [0.717, 1.165) is 17.5 Å². The van der Waals surface area contributed by atoms with Crippen LogP contribution in [-0.2, 0) is 6.61 Å². The van der Waals surface area contributed by atoms with E-state index in [1.54, 1.807) is 12.3 Å². The Balaban J connectivity index is 2.80. The van der Waals surface area contributed by atoms with Crippen molar-refractivity contribution < 1.29 is 5.11 Å². The van der Waals surface area contributed by atoms with E-state index in [1.807, 2.05) is 19.1 Å². The predicted octanol–water partition coefficient (Wildman–Crippen LogP) is 0.907. The molecule has 0 unspecified atom stereocenters. The number of nitrogens with two attached hydrogens (primary N) is 2. The maximum Gasteiger partial charge on any atom is 0.123 e. The molecule has 82 valence electrons. The molecule has 0 aliphatic carbocycles. The lowest BCUT2D eigenvalue weighted by molar-refractivity contribution is 0.281. The monoisotopic (exact) mass is 207 g/mol. The van der Waals surface area contributed by atoms with E-state index in [1.165, 1.54) is 0 Å². The van der Waals surface area contributed by atoms with Gasteiger partial charge in [0.05, 0.1) is 6.61 Å². The van der Waals surface area contributed by atoms with Gasteiger partial charge in [-0.25, -0.2) is 4.98 Å². The summed E-state index contributed by atoms with van der Waals surface area (Å²) in [5.41, 5.74) is 12.8. The molecule has 5 N–H and O–H groups in total. The maximum atomic E-state index is 9.11. The number of nitrogens with zero attached hydrogens (tertiary/aromatic N) is 1. The molecule has 0 aromatic carbocycles. The van der Waals surface area contributed by atoms with Crippen molar-refractivity contribution in [1.82, 2.24) is 4.98 Å². The average Bonchev–Trinajstić information content (AvgIpc) is 2.19. The smallest absolute Gasteiger partial charge is 0.123 e. The Hall–Kier alpha value is -1.39. The number of hydrogen-bond acceptors (Lipinski definition) is 4. The van der Waals surface area contributed by atoms with Gasteiger partial charge >= 0.3 is 0 Å². The molecule has 0 bridgehead atoms. The molecular formula is C11H17N3O. The normalized spacial score (nSPS) is 13.3. The number of hydrogen-bond donors (Lipinski definition) is 3. The number of aliphatic hydroxyl groups excluding tert-OH is 1. The lowest BCUT2D eigenvalue weighted by Gasteiger charge is -2.03. The van der Waals surface area contributed by atoms with Crippen LogP contribution in [0.4, 0.5) is 5.82 Å². The van der Waals surface area contributed by atoms with Crippen molar-refractivity contribution in [3.05, 3.63) is 29.5 Å². The van der Waals surface area contributed by atoms with Gasteiger partial charge in [-0.3, -0.25) is 0 Å². The van der Waals surface area contributed by atoms with Crippen LogP contribution in [0.25, 0.3) is 6.08 Å². The van der Waals surface area contributed by atoms with Crippen molar-refractivity contribution >= 4 is 11.9 Å². The third kappa shape index (κ3) is 3.69. The van der Waals surface area contributed by atoms with E-state index in [9.17, 15) is 0 Å². The van der Waals surface area contributed by atoms with Crippen molar-refractivity contribution in [2.75, 3.05) is 5.73 Å². The predicted molar refractivity (Wildman–Crippen MR) is 61.9 cm³/mol. The topological polar surface area (TPSA) is 85.2 Å². The zero-order valence-corrected chi connectivity index (χ0v) is 8.85. The second-order valence-corrected chi connectivity index (χ2v) is 3.58. The van der Waals surface area contributed by atoms with E-state index < -0.39 is 0 Å². The summed E-state index contributed by atoms with van der Waals surface area (Å²) in [6.45, 7) is 1.91. The van der Waals surface area contributed by atoms with Crippen LogP contribution in [-0.4, -0.2) is 16.1 Å². The molecule has 4 nitrogen and oxygen atoms in total. The molecule has 1 aromatic heterocycles. The van der Waals surface area contributed by atoms with Crippen molar-refractivity contribution in [2.24, 2.45) is 5.73 Å². The number of anilines is 1. The molecule has 4 heteroatoms. The number of aliphatic hydroxyl groups is 1. The van der Waals surface area contributed by atoms with E-state index in [2.05, 4.69) is 4.98 Å². The molecule has 0 saturated carbocycles. The lowest BCUT2D eigenvalue weighted by Crippen LogP contribution is -2.12. The number of rotatable bonds is 4. The van der Waals surface area contributed by atoms with Gasteiger partial charge in [0, 0.05) is 12.2 Å². The second-order valence-electron chi connectivity index (χ2n) is 3.58. The minimum Gasteiger partial charge on any atom is -0.392 e. The Morgan fingerprint density at radius 3 is 2.93 bits per heavy atom. The number of nitrogen functional groups attached to an aromatic ring is 1. The zero-order valence-electron chi connectivity index (χ0n) is 8.85. The molecule has 0 spiro atoms. The number of pyridine rings is 1. The zero-order chi connectivity index (χ0) is 11.3. The Kier molecular flexibility index (Phi) is 4.27. The molecule has 0 aliphatic heterocycles. The molecule has 1 aromatic rings. The summed E-state index contributed by atoms with van der Waals surface area (Å²) in [7, 11) is 0. The van der Waals surface area contributed by atoms with Gasteiger partial charge in [0.2, 0.25) is 0 Å². The summed E-state index contributed by atoms with van der Waals surface area (Å²) in [6.07, 6.45) is 6.33. The first-order valence-electron chi connectivity index (χ1n) is 4.91. The minimum atomic E-state index is -0.0371. The molecule has 1 atom stereocenters. The molecular weight excluding hydrogens is 190 g/mol. The summed E-state index contributed by atoms with van der Waals surface area (Å²) in [6, 6.07) is 1.81. The van der Waals surface area contributed by atoms with Gasteiger partial charge < -0.3 is 16.6 Å². The highest BCUT2D eigenvalue weighted by Crippen LogP contribution is 2.13. The van der Waals surface area contributed by atoms with E-state index >= 15 is 0 Å². The summed E-state index contributed by atoms with van der Waals surface area (Å²) >= 11 is 0. The third-order valence-corrected chi connectivity index (χ3v) is 2.02. The first kappa shape index (κ1) is 11.7. The summed E-state index contributed by atoms with van der Waals surface area (Å²) < 4.78 is 0. The van der Waals surface area contributed by atoms with Crippen LogP contribution in [0.5, 0.6) is 0 Å². The lowest BCUT2D eigenvalue weighted by atomic mass is 10.1. The fraction of sp³-hybridized carbons (Fsp3) is 0.364. The summed E-state index contributed by atoms with van der Waals surface area (Å²) in [5, 5.41) is 9.11. The van der Waals surface area contributed by atoms with Crippen LogP contribution in [0.15, 0.2) is 18.3 Å². The van der Waals surface area contributed by atoms with Gasteiger partial charge in [-0.1, -0.05) is 12.2 Å². The standard InChI is InChI=1S/C11H17N3O/c1-8(12)3-2-4-9-6-14-11(13)5-10(9)7-15/h2,4-6,8,15H,3,7,12H2,1H3,(H2,13,14)/b4-2+/t8-/m0/s1. The van der Waals surface area contributed by atoms with Crippen molar-refractivity contribution in [1.29, 1.82) is 0 Å². The molecule has 1 heterocycles. The van der Waals surface area contributed by atoms with Crippen LogP contribution in [0, 0.1) is 0 Å². The van der Waals surface area contributed by atoms with Crippen LogP contribution in [0.2, 0.25) is 0 Å². The Morgan fingerprint density at radius 2 is 2.33 bits per heavy atom. The molecule has 0 saturated heterocycles. The van der Waals surface area contributed by atoms with Gasteiger partial charge in [-0.05, 0) is 30.5 Å². The van der Waals surface area contributed by atoms with E-state index in [0.29, 0.717) is 5.82 Å². The largest absolute Gasteiger partial charge is 0.392 e. The molecule has 0 radical (unpaired) electrons. The molecule has 1 rings (SSSR count). The van der Waals surface area contributed by atoms with Crippen LogP contribution in [0.3, 0.4) is 0 Å². The maximum absolute atomic E-state index is 9.11. The van der Waals surface area contributed by atoms with Crippen LogP contribution < -0.4 is 11.5 Å². The highest BCUT2D eigenvalue weighted by atomic mass is 16.3. The fourth-order valence-corrected chi connectivity index (χ4v) is 1.22. The fourth-order valence-electron chi connectivity index (χ4n) is 1.22. The second kappa shape index (κ2) is 5.48. The van der Waals surface area contributed by atoms with Gasteiger partial charge in [-0.2, -0.15) is 0 Å². The Morgan fingerprint density at radius 1 is 1.60 bits per heavy atom. The molecule has 15 heavy (non-hydrogen) atoms. The van der Waals surface area contributed by atoms with Crippen LogP contribution in [0.1, 0.15) is 24.5 Å². The highest BCUT2D eigenvalue weighted by Gasteiger charge is 1.99. The first-order chi connectivity index (χ1) is 7.13. The van der Waals surface area contributed by atoms with E-state index in [-0.39, 0.29) is 12.6 Å². The van der Waals surface area contributed by atoms with Gasteiger partial charge in [-0.15, -0.1) is 0 Å². The quantitative estimate of drug-likeness (QED) is 0.685. The first-order valence-corrected chi connectivity index (χ1v) is 4.91. The Bertz CT molecular complexity index is 348. The van der Waals surface area contributed by atoms with Crippen molar-refractivity contribution in [3.63, 3.8) is 0 Å². The summed E-state index contributed by atoms with van der Waals surface area (Å²) in [4.78, 5) is 3.97. The molecule has 0 aliphatic rings. The third-order valence-electron chi connectivity index (χ3n) is 2.02.